The Kier molecular flexibility index (Phi) is 3.23. The molecule has 0 bridgehead atoms. The number of fused-ring (bicyclic) bond motifs is 1. The van der Waals surface area contributed by atoms with Crippen LogP contribution in [0.15, 0.2) is 28.7 Å². The maximum atomic E-state index is 11.9. The van der Waals surface area contributed by atoms with Crippen LogP contribution in [-0.2, 0) is 18.7 Å². The highest BCUT2D eigenvalue weighted by Gasteiger charge is 2.47. The van der Waals surface area contributed by atoms with Gasteiger partial charge in [-0.05, 0) is 29.3 Å². The van der Waals surface area contributed by atoms with Crippen LogP contribution < -0.4 is 0 Å². The second-order valence-electron chi connectivity index (χ2n) is 3.58. The molecule has 0 saturated heterocycles. The third-order valence-electron chi connectivity index (χ3n) is 2.61. The molecular formula is C12H8Br2O3. The topological polar surface area (TPSA) is 43.4 Å². The summed E-state index contributed by atoms with van der Waals surface area (Å²) in [6, 6.07) is 5.36. The predicted octanol–water partition coefficient (Wildman–Crippen LogP) is 2.81. The first kappa shape index (κ1) is 12.5. The fourth-order valence-corrected chi connectivity index (χ4v) is 2.78. The molecule has 88 valence electrons. The predicted molar refractivity (Wildman–Crippen MR) is 70.8 cm³/mol. The van der Waals surface area contributed by atoms with Gasteiger partial charge in [0.15, 0.2) is 5.78 Å². The van der Waals surface area contributed by atoms with E-state index in [4.69, 9.17) is 4.74 Å². The van der Waals surface area contributed by atoms with Crippen molar-refractivity contribution in [3.05, 3.63) is 39.9 Å². The van der Waals surface area contributed by atoms with Crippen molar-refractivity contribution in [1.29, 1.82) is 0 Å². The van der Waals surface area contributed by atoms with Crippen molar-refractivity contribution in [2.24, 2.45) is 0 Å². The van der Waals surface area contributed by atoms with Crippen LogP contribution in [0.4, 0.5) is 0 Å². The molecule has 0 heterocycles. The highest BCUT2D eigenvalue weighted by atomic mass is 79.9. The van der Waals surface area contributed by atoms with Crippen molar-refractivity contribution in [3.63, 3.8) is 0 Å². The van der Waals surface area contributed by atoms with Crippen molar-refractivity contribution >= 4 is 49.7 Å². The second kappa shape index (κ2) is 4.38. The lowest BCUT2D eigenvalue weighted by atomic mass is 9.86. The Labute approximate surface area is 115 Å². The van der Waals surface area contributed by atoms with Crippen LogP contribution in [0.25, 0.3) is 6.08 Å². The minimum Gasteiger partial charge on any atom is -0.467 e. The SMILES string of the molecule is COC(=O)[C@]1(Br)C(=O)C=Cc2cc(Br)ccc21. The largest absolute Gasteiger partial charge is 0.467 e. The molecule has 1 aromatic carbocycles. The van der Waals surface area contributed by atoms with Gasteiger partial charge in [-0.25, -0.2) is 4.79 Å². The smallest absolute Gasteiger partial charge is 0.335 e. The number of alkyl halides is 1. The zero-order valence-electron chi connectivity index (χ0n) is 8.87. The highest BCUT2D eigenvalue weighted by molar-refractivity contribution is 9.10. The molecule has 0 unspecified atom stereocenters. The summed E-state index contributed by atoms with van der Waals surface area (Å²) in [5.41, 5.74) is 1.40. The number of ether oxygens (including phenoxy) is 1. The molecule has 0 spiro atoms. The summed E-state index contributed by atoms with van der Waals surface area (Å²) in [4.78, 5) is 23.7. The number of esters is 1. The molecule has 0 saturated carbocycles. The summed E-state index contributed by atoms with van der Waals surface area (Å²) in [5, 5.41) is 0. The number of hydrogen-bond acceptors (Lipinski definition) is 3. The van der Waals surface area contributed by atoms with E-state index >= 15 is 0 Å². The molecule has 17 heavy (non-hydrogen) atoms. The standard InChI is InChI=1S/C12H8Br2O3/c1-17-11(16)12(14)9-4-3-8(13)6-7(9)2-5-10(12)15/h2-6H,1H3/t12-/m1/s1. The van der Waals surface area contributed by atoms with Crippen LogP contribution in [0.3, 0.4) is 0 Å². The van der Waals surface area contributed by atoms with E-state index in [2.05, 4.69) is 31.9 Å². The van der Waals surface area contributed by atoms with Gasteiger partial charge < -0.3 is 4.74 Å². The van der Waals surface area contributed by atoms with Gasteiger partial charge in [0.05, 0.1) is 7.11 Å². The monoisotopic (exact) mass is 358 g/mol. The number of halogens is 2. The molecule has 0 aromatic heterocycles. The summed E-state index contributed by atoms with van der Waals surface area (Å²) in [6.07, 6.45) is 3.06. The Morgan fingerprint density at radius 2 is 2.06 bits per heavy atom. The minimum absolute atomic E-state index is 0.334. The Balaban J connectivity index is 2.67. The van der Waals surface area contributed by atoms with Gasteiger partial charge in [0.2, 0.25) is 4.32 Å². The first-order valence-electron chi connectivity index (χ1n) is 4.80. The summed E-state index contributed by atoms with van der Waals surface area (Å²) in [7, 11) is 1.26. The van der Waals surface area contributed by atoms with E-state index in [1.54, 1.807) is 18.2 Å². The van der Waals surface area contributed by atoms with Crippen LogP contribution in [-0.4, -0.2) is 18.9 Å². The molecule has 1 aromatic rings. The zero-order chi connectivity index (χ0) is 12.6. The normalized spacial score (nSPS) is 22.2. The van der Waals surface area contributed by atoms with Crippen molar-refractivity contribution in [1.82, 2.24) is 0 Å². The Hall–Kier alpha value is -0.940. The van der Waals surface area contributed by atoms with E-state index in [0.29, 0.717) is 5.56 Å². The van der Waals surface area contributed by atoms with Crippen LogP contribution >= 0.6 is 31.9 Å². The fraction of sp³-hybridized carbons (Fsp3) is 0.167. The van der Waals surface area contributed by atoms with Crippen molar-refractivity contribution in [2.75, 3.05) is 7.11 Å². The molecule has 0 N–H and O–H groups in total. The number of carbonyl (C=O) groups is 2. The Morgan fingerprint density at radius 3 is 2.71 bits per heavy atom. The van der Waals surface area contributed by atoms with Crippen LogP contribution in [0.5, 0.6) is 0 Å². The average molecular weight is 360 g/mol. The van der Waals surface area contributed by atoms with Gasteiger partial charge in [-0.3, -0.25) is 4.79 Å². The molecular weight excluding hydrogens is 352 g/mol. The summed E-state index contributed by atoms with van der Waals surface area (Å²) in [6.45, 7) is 0. The molecule has 0 aliphatic heterocycles. The second-order valence-corrected chi connectivity index (χ2v) is 5.68. The number of benzene rings is 1. The lowest BCUT2D eigenvalue weighted by Crippen LogP contribution is -2.40. The molecule has 1 aliphatic carbocycles. The van der Waals surface area contributed by atoms with Gasteiger partial charge in [-0.15, -0.1) is 0 Å². The Morgan fingerprint density at radius 1 is 1.35 bits per heavy atom. The number of methoxy groups -OCH3 is 1. The summed E-state index contributed by atoms with van der Waals surface area (Å²) >= 11 is 6.57. The van der Waals surface area contributed by atoms with Crippen molar-refractivity contribution < 1.29 is 14.3 Å². The maximum absolute atomic E-state index is 11.9. The molecule has 1 aliphatic rings. The molecule has 2 rings (SSSR count). The lowest BCUT2D eigenvalue weighted by molar-refractivity contribution is -0.146. The van der Waals surface area contributed by atoms with E-state index in [1.165, 1.54) is 13.2 Å². The number of ketones is 1. The van der Waals surface area contributed by atoms with Gasteiger partial charge in [0.25, 0.3) is 0 Å². The first-order chi connectivity index (χ1) is 8.00. The van der Waals surface area contributed by atoms with E-state index < -0.39 is 10.3 Å². The zero-order valence-corrected chi connectivity index (χ0v) is 12.0. The molecule has 0 fully saturated rings. The summed E-state index contributed by atoms with van der Waals surface area (Å²) < 4.78 is 4.16. The first-order valence-corrected chi connectivity index (χ1v) is 6.38. The number of rotatable bonds is 1. The van der Waals surface area contributed by atoms with E-state index in [0.717, 1.165) is 10.0 Å². The van der Waals surface area contributed by atoms with Crippen LogP contribution in [0, 0.1) is 0 Å². The third-order valence-corrected chi connectivity index (χ3v) is 4.24. The molecule has 5 heteroatoms. The van der Waals surface area contributed by atoms with Crippen molar-refractivity contribution in [2.45, 2.75) is 4.32 Å². The maximum Gasteiger partial charge on any atom is 0.335 e. The van der Waals surface area contributed by atoms with Gasteiger partial charge in [0.1, 0.15) is 0 Å². The van der Waals surface area contributed by atoms with Gasteiger partial charge in [-0.2, -0.15) is 0 Å². The highest BCUT2D eigenvalue weighted by Crippen LogP contribution is 2.40. The third kappa shape index (κ3) is 1.87. The molecule has 0 amide bonds. The van der Waals surface area contributed by atoms with Crippen LogP contribution in [0.2, 0.25) is 0 Å². The number of allylic oxidation sites excluding steroid dienone is 1. The molecule has 1 atom stereocenters. The minimum atomic E-state index is -1.42. The van der Waals surface area contributed by atoms with Gasteiger partial charge >= 0.3 is 5.97 Å². The lowest BCUT2D eigenvalue weighted by Gasteiger charge is -2.27. The number of hydrogen-bond donors (Lipinski definition) is 0. The van der Waals surface area contributed by atoms with Crippen LogP contribution in [0.1, 0.15) is 11.1 Å². The van der Waals surface area contributed by atoms with E-state index in [1.807, 2.05) is 6.07 Å². The quantitative estimate of drug-likeness (QED) is 0.440. The van der Waals surface area contributed by atoms with E-state index in [9.17, 15) is 9.59 Å². The van der Waals surface area contributed by atoms with Crippen molar-refractivity contribution in [3.8, 4) is 0 Å². The van der Waals surface area contributed by atoms with Gasteiger partial charge in [0, 0.05) is 4.47 Å². The summed E-state index contributed by atoms with van der Waals surface area (Å²) in [5.74, 6) is -0.949. The fourth-order valence-electron chi connectivity index (χ4n) is 1.75. The molecule has 3 nitrogen and oxygen atoms in total. The Bertz CT molecular complexity index is 537. The van der Waals surface area contributed by atoms with Gasteiger partial charge in [-0.1, -0.05) is 44.0 Å². The molecule has 0 radical (unpaired) electrons. The van der Waals surface area contributed by atoms with E-state index in [-0.39, 0.29) is 5.78 Å². The average Bonchev–Trinajstić information content (AvgIpc) is 2.32. The number of carbonyl (C=O) groups excluding carboxylic acids is 2.